The van der Waals surface area contributed by atoms with E-state index in [0.29, 0.717) is 5.92 Å². The Balaban J connectivity index is 2.01. The lowest BCUT2D eigenvalue weighted by Crippen LogP contribution is -2.24. The number of nitrogens with zero attached hydrogens (tertiary/aromatic N) is 2. The zero-order chi connectivity index (χ0) is 13.1. The Morgan fingerprint density at radius 1 is 1.56 bits per heavy atom. The Morgan fingerprint density at radius 3 is 2.89 bits per heavy atom. The van der Waals surface area contributed by atoms with Crippen LogP contribution in [0.1, 0.15) is 30.0 Å². The van der Waals surface area contributed by atoms with Gasteiger partial charge in [-0.2, -0.15) is 5.26 Å². The van der Waals surface area contributed by atoms with Gasteiger partial charge in [0, 0.05) is 13.1 Å². The van der Waals surface area contributed by atoms with Crippen molar-refractivity contribution in [2.75, 3.05) is 13.1 Å². The molecule has 1 heterocycles. The standard InChI is InChI=1S/C15H20N2O/c1-11-7-13(8-16)3-4-14(11)9-17-6-5-15(10-17)12(2)18/h3-4,7,12,15,18H,5-6,9-10H2,1-2H3. The van der Waals surface area contributed by atoms with E-state index in [2.05, 4.69) is 17.9 Å². The van der Waals surface area contributed by atoms with Crippen molar-refractivity contribution in [3.63, 3.8) is 0 Å². The maximum absolute atomic E-state index is 9.60. The normalized spacial score (nSPS) is 21.8. The first-order chi connectivity index (χ1) is 8.60. The number of aliphatic hydroxyl groups excluding tert-OH is 1. The van der Waals surface area contributed by atoms with E-state index in [0.717, 1.165) is 31.6 Å². The number of rotatable bonds is 3. The molecule has 0 amide bonds. The van der Waals surface area contributed by atoms with E-state index in [4.69, 9.17) is 5.26 Å². The monoisotopic (exact) mass is 244 g/mol. The zero-order valence-corrected chi connectivity index (χ0v) is 11.1. The van der Waals surface area contributed by atoms with Crippen LogP contribution in [0.15, 0.2) is 18.2 Å². The van der Waals surface area contributed by atoms with Crippen LogP contribution < -0.4 is 0 Å². The Labute approximate surface area is 109 Å². The third-order valence-electron chi connectivity index (χ3n) is 3.86. The maximum atomic E-state index is 9.60. The average Bonchev–Trinajstić information content (AvgIpc) is 2.80. The molecule has 1 aromatic rings. The first-order valence-corrected chi connectivity index (χ1v) is 6.50. The van der Waals surface area contributed by atoms with E-state index in [1.807, 2.05) is 25.1 Å². The molecule has 0 aromatic heterocycles. The molecular weight excluding hydrogens is 224 g/mol. The number of hydrogen-bond acceptors (Lipinski definition) is 3. The van der Waals surface area contributed by atoms with E-state index >= 15 is 0 Å². The lowest BCUT2D eigenvalue weighted by molar-refractivity contribution is 0.127. The van der Waals surface area contributed by atoms with Crippen LogP contribution in [0.5, 0.6) is 0 Å². The third-order valence-corrected chi connectivity index (χ3v) is 3.86. The van der Waals surface area contributed by atoms with Gasteiger partial charge in [0.1, 0.15) is 0 Å². The molecule has 1 saturated heterocycles. The van der Waals surface area contributed by atoms with Crippen LogP contribution >= 0.6 is 0 Å². The van der Waals surface area contributed by atoms with Crippen molar-refractivity contribution >= 4 is 0 Å². The van der Waals surface area contributed by atoms with E-state index in [1.54, 1.807) is 0 Å². The van der Waals surface area contributed by atoms with Crippen LogP contribution in [0.25, 0.3) is 0 Å². The second-order valence-electron chi connectivity index (χ2n) is 5.28. The summed E-state index contributed by atoms with van der Waals surface area (Å²) >= 11 is 0. The quantitative estimate of drug-likeness (QED) is 0.885. The minimum atomic E-state index is -0.211. The van der Waals surface area contributed by atoms with Crippen LogP contribution in [-0.4, -0.2) is 29.2 Å². The van der Waals surface area contributed by atoms with Crippen molar-refractivity contribution in [2.24, 2.45) is 5.92 Å². The van der Waals surface area contributed by atoms with E-state index < -0.39 is 0 Å². The summed E-state index contributed by atoms with van der Waals surface area (Å²) in [4.78, 5) is 2.38. The number of likely N-dealkylation sites (tertiary alicyclic amines) is 1. The molecule has 1 N–H and O–H groups in total. The van der Waals surface area contributed by atoms with Gasteiger partial charge < -0.3 is 5.11 Å². The summed E-state index contributed by atoms with van der Waals surface area (Å²) in [5.74, 6) is 0.406. The molecule has 1 aliphatic rings. The molecule has 1 fully saturated rings. The number of aliphatic hydroxyl groups is 1. The SMILES string of the molecule is Cc1cc(C#N)ccc1CN1CCC(C(C)O)C1. The van der Waals surface area contributed by atoms with Crippen LogP contribution in [0, 0.1) is 24.2 Å². The van der Waals surface area contributed by atoms with Crippen LogP contribution in [-0.2, 0) is 6.54 Å². The molecule has 2 rings (SSSR count). The highest BCUT2D eigenvalue weighted by molar-refractivity contribution is 5.37. The molecule has 3 heteroatoms. The molecule has 3 nitrogen and oxygen atoms in total. The highest BCUT2D eigenvalue weighted by Gasteiger charge is 2.25. The lowest BCUT2D eigenvalue weighted by atomic mass is 10.0. The van der Waals surface area contributed by atoms with Crippen molar-refractivity contribution < 1.29 is 5.11 Å². The van der Waals surface area contributed by atoms with E-state index in [-0.39, 0.29) is 6.10 Å². The fourth-order valence-corrected chi connectivity index (χ4v) is 2.58. The van der Waals surface area contributed by atoms with Gasteiger partial charge in [-0.1, -0.05) is 6.07 Å². The smallest absolute Gasteiger partial charge is 0.0991 e. The second kappa shape index (κ2) is 5.51. The fraction of sp³-hybridized carbons (Fsp3) is 0.533. The van der Waals surface area contributed by atoms with Crippen LogP contribution in [0.2, 0.25) is 0 Å². The average molecular weight is 244 g/mol. The molecule has 96 valence electrons. The van der Waals surface area contributed by atoms with Gasteiger partial charge in [0.05, 0.1) is 17.7 Å². The number of aryl methyl sites for hydroxylation is 1. The first kappa shape index (κ1) is 13.1. The largest absolute Gasteiger partial charge is 0.393 e. The molecule has 0 aliphatic carbocycles. The van der Waals surface area contributed by atoms with E-state index in [1.165, 1.54) is 11.1 Å². The highest BCUT2D eigenvalue weighted by Crippen LogP contribution is 2.22. The summed E-state index contributed by atoms with van der Waals surface area (Å²) in [7, 11) is 0. The predicted octanol–water partition coefficient (Wildman–Crippen LogP) is 2.07. The molecule has 0 saturated carbocycles. The Morgan fingerprint density at radius 2 is 2.33 bits per heavy atom. The summed E-state index contributed by atoms with van der Waals surface area (Å²) in [6, 6.07) is 8.03. The number of hydrogen-bond donors (Lipinski definition) is 1. The predicted molar refractivity (Wildman–Crippen MR) is 71.0 cm³/mol. The maximum Gasteiger partial charge on any atom is 0.0991 e. The van der Waals surface area contributed by atoms with Gasteiger partial charge in [0.25, 0.3) is 0 Å². The molecule has 2 atom stereocenters. The van der Waals surface area contributed by atoms with Gasteiger partial charge in [0.2, 0.25) is 0 Å². The van der Waals surface area contributed by atoms with Crippen molar-refractivity contribution in [2.45, 2.75) is 32.9 Å². The Kier molecular flexibility index (Phi) is 4.00. The lowest BCUT2D eigenvalue weighted by Gasteiger charge is -2.18. The molecule has 2 unspecified atom stereocenters. The highest BCUT2D eigenvalue weighted by atomic mass is 16.3. The van der Waals surface area contributed by atoms with E-state index in [9.17, 15) is 5.11 Å². The van der Waals surface area contributed by atoms with Crippen molar-refractivity contribution in [1.82, 2.24) is 4.90 Å². The summed E-state index contributed by atoms with van der Waals surface area (Å²) in [5, 5.41) is 18.4. The minimum absolute atomic E-state index is 0.211. The molecule has 0 radical (unpaired) electrons. The minimum Gasteiger partial charge on any atom is -0.393 e. The van der Waals surface area contributed by atoms with Gasteiger partial charge in [-0.3, -0.25) is 4.90 Å². The summed E-state index contributed by atoms with van der Waals surface area (Å²) < 4.78 is 0. The van der Waals surface area contributed by atoms with Gasteiger partial charge in [-0.25, -0.2) is 0 Å². The zero-order valence-electron chi connectivity index (χ0n) is 11.1. The van der Waals surface area contributed by atoms with Crippen molar-refractivity contribution in [3.8, 4) is 6.07 Å². The fourth-order valence-electron chi connectivity index (χ4n) is 2.58. The molecule has 1 aromatic carbocycles. The van der Waals surface area contributed by atoms with Gasteiger partial charge in [-0.05, 0) is 56.0 Å². The molecule has 0 bridgehead atoms. The third kappa shape index (κ3) is 2.90. The van der Waals surface area contributed by atoms with Crippen LogP contribution in [0.4, 0.5) is 0 Å². The van der Waals surface area contributed by atoms with Crippen molar-refractivity contribution in [3.05, 3.63) is 34.9 Å². The summed E-state index contributed by atoms with van der Waals surface area (Å²) in [5.41, 5.74) is 3.18. The molecule has 0 spiro atoms. The molecule has 18 heavy (non-hydrogen) atoms. The molecule has 1 aliphatic heterocycles. The van der Waals surface area contributed by atoms with Crippen molar-refractivity contribution in [1.29, 1.82) is 5.26 Å². The second-order valence-corrected chi connectivity index (χ2v) is 5.28. The molecular formula is C15H20N2O. The number of nitriles is 1. The summed E-state index contributed by atoms with van der Waals surface area (Å²) in [6.45, 7) is 6.87. The Hall–Kier alpha value is -1.37. The van der Waals surface area contributed by atoms with Gasteiger partial charge in [-0.15, -0.1) is 0 Å². The number of benzene rings is 1. The summed E-state index contributed by atoms with van der Waals surface area (Å²) in [6.07, 6.45) is 0.865. The Bertz CT molecular complexity index is 462. The topological polar surface area (TPSA) is 47.3 Å². The first-order valence-electron chi connectivity index (χ1n) is 6.50. The van der Waals surface area contributed by atoms with Gasteiger partial charge >= 0.3 is 0 Å². The van der Waals surface area contributed by atoms with Crippen LogP contribution in [0.3, 0.4) is 0 Å². The van der Waals surface area contributed by atoms with Gasteiger partial charge in [0.15, 0.2) is 0 Å².